The van der Waals surface area contributed by atoms with E-state index in [1.807, 2.05) is 0 Å². The predicted molar refractivity (Wildman–Crippen MR) is 48.4 cm³/mol. The lowest BCUT2D eigenvalue weighted by atomic mass is 10.2. The summed E-state index contributed by atoms with van der Waals surface area (Å²) >= 11 is 3.06. The number of benzene rings is 1. The summed E-state index contributed by atoms with van der Waals surface area (Å²) < 4.78 is 14.3. The van der Waals surface area contributed by atoms with Crippen LogP contribution in [0.2, 0.25) is 0 Å². The highest BCUT2D eigenvalue weighted by Crippen LogP contribution is 2.24. The molecule has 3 nitrogen and oxygen atoms in total. The second kappa shape index (κ2) is 2.45. The van der Waals surface area contributed by atoms with Crippen LogP contribution in [0.5, 0.6) is 0 Å². The second-order valence-corrected chi connectivity index (χ2v) is 3.06. The van der Waals surface area contributed by atoms with Crippen molar-refractivity contribution >= 4 is 32.7 Å². The second-order valence-electron chi connectivity index (χ2n) is 2.39. The molecule has 0 aliphatic rings. The van der Waals surface area contributed by atoms with Crippen LogP contribution in [0, 0.1) is 5.95 Å². The topological polar surface area (TPSA) is 43.8 Å². The highest BCUT2D eigenvalue weighted by atomic mass is 79.9. The van der Waals surface area contributed by atoms with Crippen LogP contribution in [-0.4, -0.2) is 8.81 Å². The van der Waals surface area contributed by atoms with Crippen LogP contribution < -0.4 is 5.73 Å². The number of rotatable bonds is 0. The first-order valence-corrected chi connectivity index (χ1v) is 4.00. The summed E-state index contributed by atoms with van der Waals surface area (Å²) in [4.78, 5) is 0. The van der Waals surface area contributed by atoms with Gasteiger partial charge in [-0.3, -0.25) is 0 Å². The first kappa shape index (κ1) is 7.54. The monoisotopic (exact) mass is 229 g/mol. The maximum atomic E-state index is 13.0. The van der Waals surface area contributed by atoms with Gasteiger partial charge in [-0.15, -0.1) is 5.10 Å². The maximum absolute atomic E-state index is 13.0. The van der Waals surface area contributed by atoms with Crippen molar-refractivity contribution in [3.63, 3.8) is 0 Å². The van der Waals surface area contributed by atoms with Crippen LogP contribution in [0.1, 0.15) is 0 Å². The lowest BCUT2D eigenvalue weighted by Gasteiger charge is -1.93. The van der Waals surface area contributed by atoms with E-state index in [0.717, 1.165) is 0 Å². The van der Waals surface area contributed by atoms with Gasteiger partial charge in [0.25, 0.3) is 0 Å². The number of nitrogens with two attached hydrogens (primary N) is 1. The van der Waals surface area contributed by atoms with Crippen molar-refractivity contribution in [2.24, 2.45) is 0 Å². The zero-order valence-corrected chi connectivity index (χ0v) is 7.55. The van der Waals surface area contributed by atoms with Crippen molar-refractivity contribution < 1.29 is 4.39 Å². The molecule has 0 aliphatic heterocycles. The maximum Gasteiger partial charge on any atom is 0.243 e. The number of hydrogen-bond acceptors (Lipinski definition) is 2. The Kier molecular flexibility index (Phi) is 1.54. The smallest absolute Gasteiger partial charge is 0.243 e. The van der Waals surface area contributed by atoms with E-state index in [1.165, 1.54) is 3.71 Å². The summed E-state index contributed by atoms with van der Waals surface area (Å²) in [7, 11) is 0. The van der Waals surface area contributed by atoms with Crippen molar-refractivity contribution in [1.29, 1.82) is 0 Å². The van der Waals surface area contributed by atoms with Crippen molar-refractivity contribution in [2.45, 2.75) is 0 Å². The van der Waals surface area contributed by atoms with Gasteiger partial charge in [0.05, 0.1) is 27.1 Å². The van der Waals surface area contributed by atoms with Gasteiger partial charge in [0.2, 0.25) is 5.95 Å². The number of anilines is 1. The van der Waals surface area contributed by atoms with Gasteiger partial charge in [0, 0.05) is 5.69 Å². The van der Waals surface area contributed by atoms with Crippen molar-refractivity contribution in [3.8, 4) is 0 Å². The van der Waals surface area contributed by atoms with Gasteiger partial charge in [0.15, 0.2) is 0 Å². The van der Waals surface area contributed by atoms with Crippen molar-refractivity contribution in [1.82, 2.24) is 8.81 Å². The molecule has 0 unspecified atom stereocenters. The molecule has 12 heavy (non-hydrogen) atoms. The van der Waals surface area contributed by atoms with Crippen LogP contribution in [0.3, 0.4) is 0 Å². The summed E-state index contributed by atoms with van der Waals surface area (Å²) in [5.74, 6) is -0.556. The number of nitrogens with zero attached hydrogens (tertiary/aromatic N) is 2. The average Bonchev–Trinajstić information content (AvgIpc) is 2.29. The molecular formula is C7H5BrFN3. The molecule has 5 heteroatoms. The van der Waals surface area contributed by atoms with Crippen LogP contribution in [0.4, 0.5) is 10.1 Å². The molecule has 0 saturated carbocycles. The zero-order valence-electron chi connectivity index (χ0n) is 5.96. The average molecular weight is 230 g/mol. The Morgan fingerprint density at radius 2 is 2.25 bits per heavy atom. The van der Waals surface area contributed by atoms with Gasteiger partial charge in [-0.2, -0.15) is 8.10 Å². The normalized spacial score (nSPS) is 10.8. The summed E-state index contributed by atoms with van der Waals surface area (Å²) in [6.07, 6.45) is 0. The Balaban J connectivity index is 2.99. The highest BCUT2D eigenvalue weighted by molar-refractivity contribution is 9.08. The van der Waals surface area contributed by atoms with Gasteiger partial charge in [-0.25, -0.2) is 0 Å². The summed E-state index contributed by atoms with van der Waals surface area (Å²) in [5, 5.41) is 3.89. The summed E-state index contributed by atoms with van der Waals surface area (Å²) in [5.41, 5.74) is 6.59. The van der Waals surface area contributed by atoms with Crippen LogP contribution >= 0.6 is 16.1 Å². The Bertz CT molecular complexity index is 437. The molecular weight excluding hydrogens is 225 g/mol. The third kappa shape index (κ3) is 0.896. The Morgan fingerprint density at radius 1 is 1.50 bits per heavy atom. The molecule has 0 spiro atoms. The van der Waals surface area contributed by atoms with Crippen LogP contribution in [0.25, 0.3) is 10.9 Å². The van der Waals surface area contributed by atoms with E-state index >= 15 is 0 Å². The molecule has 2 aromatic rings. The van der Waals surface area contributed by atoms with Crippen LogP contribution in [-0.2, 0) is 0 Å². The first-order valence-electron chi connectivity index (χ1n) is 3.29. The summed E-state index contributed by atoms with van der Waals surface area (Å²) in [6.45, 7) is 0. The fourth-order valence-corrected chi connectivity index (χ4v) is 1.55. The zero-order chi connectivity index (χ0) is 8.72. The third-order valence-corrected chi connectivity index (χ3v) is 2.20. The van der Waals surface area contributed by atoms with Gasteiger partial charge in [-0.05, 0) is 12.1 Å². The largest absolute Gasteiger partial charge is 0.398 e. The van der Waals surface area contributed by atoms with E-state index in [1.54, 1.807) is 18.2 Å². The molecule has 0 radical (unpaired) electrons. The van der Waals surface area contributed by atoms with E-state index in [2.05, 4.69) is 21.2 Å². The molecule has 1 heterocycles. The lowest BCUT2D eigenvalue weighted by Crippen LogP contribution is -1.85. The standard InChI is InChI=1S/C7H5BrFN3/c8-12-5-3-1-2-4(10)6(5)7(9)11-12/h1-3H,10H2. The molecule has 0 fully saturated rings. The molecule has 1 aromatic heterocycles. The van der Waals surface area contributed by atoms with Crippen molar-refractivity contribution in [2.75, 3.05) is 5.73 Å². The molecule has 0 amide bonds. The van der Waals surface area contributed by atoms with Gasteiger partial charge in [-0.1, -0.05) is 6.07 Å². The molecule has 2 rings (SSSR count). The fourth-order valence-electron chi connectivity index (χ4n) is 1.12. The molecule has 0 bridgehead atoms. The molecule has 62 valence electrons. The molecule has 0 saturated heterocycles. The van der Waals surface area contributed by atoms with E-state index in [4.69, 9.17) is 5.73 Å². The Labute approximate surface area is 76.3 Å². The van der Waals surface area contributed by atoms with E-state index in [0.29, 0.717) is 16.6 Å². The minimum Gasteiger partial charge on any atom is -0.398 e. The molecule has 2 N–H and O–H groups in total. The Hall–Kier alpha value is -1.10. The molecule has 1 aromatic carbocycles. The fraction of sp³-hybridized carbons (Fsp3) is 0. The van der Waals surface area contributed by atoms with Crippen molar-refractivity contribution in [3.05, 3.63) is 24.1 Å². The SMILES string of the molecule is Nc1cccc2c1c(F)nn2Br. The first-order chi connectivity index (χ1) is 5.70. The van der Waals surface area contributed by atoms with Gasteiger partial charge < -0.3 is 5.73 Å². The number of aromatic nitrogens is 2. The predicted octanol–water partition coefficient (Wildman–Crippen LogP) is 1.92. The van der Waals surface area contributed by atoms with Gasteiger partial charge >= 0.3 is 0 Å². The minimum atomic E-state index is -0.556. The highest BCUT2D eigenvalue weighted by Gasteiger charge is 2.10. The van der Waals surface area contributed by atoms with Gasteiger partial charge in [0.1, 0.15) is 0 Å². The number of hydrogen-bond donors (Lipinski definition) is 1. The van der Waals surface area contributed by atoms with E-state index < -0.39 is 5.95 Å². The number of nitrogen functional groups attached to an aromatic ring is 1. The summed E-state index contributed by atoms with van der Waals surface area (Å²) in [6, 6.07) is 5.12. The van der Waals surface area contributed by atoms with E-state index in [-0.39, 0.29) is 0 Å². The van der Waals surface area contributed by atoms with Crippen LogP contribution in [0.15, 0.2) is 18.2 Å². The lowest BCUT2D eigenvalue weighted by molar-refractivity contribution is 0.585. The number of fused-ring (bicyclic) bond motifs is 1. The van der Waals surface area contributed by atoms with E-state index in [9.17, 15) is 4.39 Å². The minimum absolute atomic E-state index is 0.356. The molecule has 0 aliphatic carbocycles. The Morgan fingerprint density at radius 3 is 2.92 bits per heavy atom. The third-order valence-electron chi connectivity index (χ3n) is 1.66. The number of halogens is 2. The quantitative estimate of drug-likeness (QED) is 0.702. The molecule has 0 atom stereocenters.